The van der Waals surface area contributed by atoms with Crippen molar-refractivity contribution >= 4 is 39.2 Å². The number of hydrogen-bond donors (Lipinski definition) is 2. The molecule has 0 fully saturated rings. The number of halogens is 2. The van der Waals surface area contributed by atoms with Crippen molar-refractivity contribution in [2.75, 3.05) is 11.9 Å². The highest BCUT2D eigenvalue weighted by atomic mass is 79.9. The number of rotatable bonds is 5. The molecule has 2 N–H and O–H groups in total. The second-order valence-electron chi connectivity index (χ2n) is 4.31. The molecule has 0 heterocycles. The highest BCUT2D eigenvalue weighted by Gasteiger charge is 2.19. The zero-order valence-electron chi connectivity index (χ0n) is 10.5. The minimum Gasteiger partial charge on any atom is -0.481 e. The summed E-state index contributed by atoms with van der Waals surface area (Å²) in [6.45, 7) is 0.305. The lowest BCUT2D eigenvalue weighted by Crippen LogP contribution is -2.21. The molecular weight excluding hydrogens is 342 g/mol. The summed E-state index contributed by atoms with van der Waals surface area (Å²) >= 11 is 9.27. The van der Waals surface area contributed by atoms with Gasteiger partial charge < -0.3 is 10.4 Å². The molecule has 0 amide bonds. The van der Waals surface area contributed by atoms with E-state index in [-0.39, 0.29) is 0 Å². The molecular formula is C15H13BrClNO2. The first-order valence-corrected chi connectivity index (χ1v) is 7.21. The molecule has 2 rings (SSSR count). The first-order valence-electron chi connectivity index (χ1n) is 6.04. The number of carboxylic acids is 1. The van der Waals surface area contributed by atoms with Crippen molar-refractivity contribution in [3.05, 3.63) is 63.6 Å². The molecule has 0 bridgehead atoms. The molecule has 0 aliphatic heterocycles. The number of carboxylic acid groups (broad SMARTS) is 1. The van der Waals surface area contributed by atoms with Crippen molar-refractivity contribution < 1.29 is 9.90 Å². The molecule has 0 radical (unpaired) electrons. The van der Waals surface area contributed by atoms with Crippen LogP contribution in [-0.2, 0) is 4.79 Å². The summed E-state index contributed by atoms with van der Waals surface area (Å²) in [6.07, 6.45) is 0. The minimum atomic E-state index is -0.853. The smallest absolute Gasteiger partial charge is 0.312 e. The van der Waals surface area contributed by atoms with Gasteiger partial charge in [0.1, 0.15) is 0 Å². The molecule has 1 unspecified atom stereocenters. The third-order valence-corrected chi connectivity index (χ3v) is 3.82. The van der Waals surface area contributed by atoms with E-state index in [9.17, 15) is 9.90 Å². The first kappa shape index (κ1) is 14.9. The topological polar surface area (TPSA) is 49.3 Å². The zero-order chi connectivity index (χ0) is 14.5. The molecule has 0 saturated carbocycles. The molecule has 1 atom stereocenters. The van der Waals surface area contributed by atoms with Gasteiger partial charge in [0.15, 0.2) is 0 Å². The maximum atomic E-state index is 11.4. The number of hydrogen-bond acceptors (Lipinski definition) is 2. The maximum Gasteiger partial charge on any atom is 0.312 e. The largest absolute Gasteiger partial charge is 0.481 e. The van der Waals surface area contributed by atoms with Gasteiger partial charge >= 0.3 is 5.97 Å². The normalized spacial score (nSPS) is 11.9. The van der Waals surface area contributed by atoms with Gasteiger partial charge in [-0.25, -0.2) is 0 Å². The van der Waals surface area contributed by atoms with Crippen LogP contribution in [0.15, 0.2) is 53.0 Å². The lowest BCUT2D eigenvalue weighted by Gasteiger charge is -2.15. The van der Waals surface area contributed by atoms with Crippen LogP contribution in [0.2, 0.25) is 5.02 Å². The predicted octanol–water partition coefficient (Wildman–Crippen LogP) is 4.38. The lowest BCUT2D eigenvalue weighted by atomic mass is 9.99. The molecule has 2 aromatic rings. The van der Waals surface area contributed by atoms with Gasteiger partial charge in [-0.3, -0.25) is 4.79 Å². The van der Waals surface area contributed by atoms with Gasteiger partial charge in [-0.15, -0.1) is 0 Å². The van der Waals surface area contributed by atoms with Crippen LogP contribution >= 0.6 is 27.5 Å². The summed E-state index contributed by atoms with van der Waals surface area (Å²) < 4.78 is 0.808. The minimum absolute atomic E-state index is 0.305. The summed E-state index contributed by atoms with van der Waals surface area (Å²) in [5, 5.41) is 13.1. The summed E-state index contributed by atoms with van der Waals surface area (Å²) in [7, 11) is 0. The highest BCUT2D eigenvalue weighted by Crippen LogP contribution is 2.27. The van der Waals surface area contributed by atoms with Gasteiger partial charge in [0.05, 0.1) is 5.92 Å². The van der Waals surface area contributed by atoms with Crippen molar-refractivity contribution in [1.82, 2.24) is 0 Å². The van der Waals surface area contributed by atoms with Crippen molar-refractivity contribution in [2.45, 2.75) is 5.92 Å². The standard InChI is InChI=1S/C15H13BrClNO2/c16-13-8-11(17)6-7-14(13)18-9-12(15(19)20)10-4-2-1-3-5-10/h1-8,12,18H,9H2,(H,19,20). The van der Waals surface area contributed by atoms with Crippen LogP contribution in [0.3, 0.4) is 0 Å². The van der Waals surface area contributed by atoms with E-state index < -0.39 is 11.9 Å². The van der Waals surface area contributed by atoms with Crippen LogP contribution in [0.5, 0.6) is 0 Å². The van der Waals surface area contributed by atoms with Crippen molar-refractivity contribution in [3.8, 4) is 0 Å². The molecule has 0 aliphatic carbocycles. The number of anilines is 1. The van der Waals surface area contributed by atoms with Gasteiger partial charge in [0, 0.05) is 21.7 Å². The molecule has 104 valence electrons. The van der Waals surface area contributed by atoms with E-state index in [1.165, 1.54) is 0 Å². The fourth-order valence-electron chi connectivity index (χ4n) is 1.88. The SMILES string of the molecule is O=C(O)C(CNc1ccc(Cl)cc1Br)c1ccccc1. The fourth-order valence-corrected chi connectivity index (χ4v) is 2.70. The summed E-state index contributed by atoms with van der Waals surface area (Å²) in [5.41, 5.74) is 1.59. The monoisotopic (exact) mass is 353 g/mol. The third-order valence-electron chi connectivity index (χ3n) is 2.93. The Labute approximate surface area is 130 Å². The molecule has 5 heteroatoms. The fraction of sp³-hybridized carbons (Fsp3) is 0.133. The molecule has 0 saturated heterocycles. The van der Waals surface area contributed by atoms with Gasteiger partial charge in [-0.1, -0.05) is 41.9 Å². The van der Waals surface area contributed by atoms with Crippen LogP contribution in [0.4, 0.5) is 5.69 Å². The second-order valence-corrected chi connectivity index (χ2v) is 5.60. The van der Waals surface area contributed by atoms with Gasteiger partial charge in [-0.2, -0.15) is 0 Å². The third kappa shape index (κ3) is 3.74. The molecule has 3 nitrogen and oxygen atoms in total. The Morgan fingerprint density at radius 1 is 1.25 bits per heavy atom. The Bertz CT molecular complexity index is 604. The second kappa shape index (κ2) is 6.77. The predicted molar refractivity (Wildman–Crippen MR) is 84.5 cm³/mol. The highest BCUT2D eigenvalue weighted by molar-refractivity contribution is 9.10. The average Bonchev–Trinajstić information content (AvgIpc) is 2.42. The van der Waals surface area contributed by atoms with Crippen LogP contribution < -0.4 is 5.32 Å². The summed E-state index contributed by atoms with van der Waals surface area (Å²) in [6, 6.07) is 14.5. The number of aliphatic carboxylic acids is 1. The molecule has 20 heavy (non-hydrogen) atoms. The van der Waals surface area contributed by atoms with Crippen LogP contribution in [-0.4, -0.2) is 17.6 Å². The maximum absolute atomic E-state index is 11.4. The number of nitrogens with one attached hydrogen (secondary N) is 1. The summed E-state index contributed by atoms with van der Waals surface area (Å²) in [5.74, 6) is -1.45. The van der Waals surface area contributed by atoms with Crippen LogP contribution in [0, 0.1) is 0 Å². The van der Waals surface area contributed by atoms with Crippen molar-refractivity contribution in [1.29, 1.82) is 0 Å². The quantitative estimate of drug-likeness (QED) is 0.837. The molecule has 0 aliphatic rings. The Hall–Kier alpha value is -1.52. The van der Waals surface area contributed by atoms with E-state index in [0.717, 1.165) is 15.7 Å². The Kier molecular flexibility index (Phi) is 5.04. The van der Waals surface area contributed by atoms with E-state index in [2.05, 4.69) is 21.2 Å². The van der Waals surface area contributed by atoms with E-state index in [4.69, 9.17) is 11.6 Å². The van der Waals surface area contributed by atoms with E-state index in [1.807, 2.05) is 36.4 Å². The van der Waals surface area contributed by atoms with Gasteiger partial charge in [0.25, 0.3) is 0 Å². The molecule has 0 spiro atoms. The molecule has 2 aromatic carbocycles. The van der Waals surface area contributed by atoms with E-state index >= 15 is 0 Å². The number of carbonyl (C=O) groups is 1. The van der Waals surface area contributed by atoms with E-state index in [0.29, 0.717) is 11.6 Å². The van der Waals surface area contributed by atoms with Gasteiger partial charge in [-0.05, 0) is 39.7 Å². The summed E-state index contributed by atoms with van der Waals surface area (Å²) in [4.78, 5) is 11.4. The Morgan fingerprint density at radius 3 is 2.55 bits per heavy atom. The van der Waals surface area contributed by atoms with Crippen LogP contribution in [0.25, 0.3) is 0 Å². The van der Waals surface area contributed by atoms with Crippen molar-refractivity contribution in [2.24, 2.45) is 0 Å². The lowest BCUT2D eigenvalue weighted by molar-refractivity contribution is -0.138. The Morgan fingerprint density at radius 2 is 1.95 bits per heavy atom. The van der Waals surface area contributed by atoms with Crippen LogP contribution in [0.1, 0.15) is 11.5 Å². The average molecular weight is 355 g/mol. The van der Waals surface area contributed by atoms with Crippen molar-refractivity contribution in [3.63, 3.8) is 0 Å². The Balaban J connectivity index is 2.12. The molecule has 0 aromatic heterocycles. The first-order chi connectivity index (χ1) is 9.58. The van der Waals surface area contributed by atoms with Gasteiger partial charge in [0.2, 0.25) is 0 Å². The van der Waals surface area contributed by atoms with E-state index in [1.54, 1.807) is 12.1 Å². The number of benzene rings is 2. The zero-order valence-corrected chi connectivity index (χ0v) is 12.9.